The van der Waals surface area contributed by atoms with Gasteiger partial charge in [-0.25, -0.2) is 21.2 Å². The molecular formula is C20H23FN4O6S2. The van der Waals surface area contributed by atoms with Gasteiger partial charge in [0.25, 0.3) is 5.69 Å². The molecule has 2 saturated heterocycles. The molecule has 13 heteroatoms. The Morgan fingerprint density at radius 1 is 0.788 bits per heavy atom. The zero-order valence-electron chi connectivity index (χ0n) is 17.6. The highest BCUT2D eigenvalue weighted by Gasteiger charge is 2.33. The standard InChI is InChI=1S/C20H23FN4O6S2/c21-16-4-3-5-17(14-16)32(28,29)24-12-10-22(11-13-24)19-7-6-18(15-20(19)25(26)27)33(30,31)23-8-1-2-9-23/h3-7,14-15H,1-2,8-13H2. The number of piperazine rings is 1. The second-order valence-corrected chi connectivity index (χ2v) is 11.7. The van der Waals surface area contributed by atoms with E-state index in [0.29, 0.717) is 13.1 Å². The van der Waals surface area contributed by atoms with Gasteiger partial charge in [-0.3, -0.25) is 10.1 Å². The van der Waals surface area contributed by atoms with Gasteiger partial charge in [-0.2, -0.15) is 8.61 Å². The Morgan fingerprint density at radius 3 is 1.94 bits per heavy atom. The molecule has 0 N–H and O–H groups in total. The molecule has 2 aromatic rings. The van der Waals surface area contributed by atoms with Crippen molar-refractivity contribution in [3.8, 4) is 0 Å². The summed E-state index contributed by atoms with van der Waals surface area (Å²) in [5.74, 6) is -0.658. The minimum Gasteiger partial charge on any atom is -0.363 e. The zero-order valence-corrected chi connectivity index (χ0v) is 19.3. The lowest BCUT2D eigenvalue weighted by Gasteiger charge is -2.35. The molecule has 2 aliphatic heterocycles. The Hall–Kier alpha value is -2.61. The van der Waals surface area contributed by atoms with Crippen molar-refractivity contribution in [1.82, 2.24) is 8.61 Å². The average molecular weight is 499 g/mol. The number of hydrogen-bond donors (Lipinski definition) is 0. The molecule has 0 amide bonds. The van der Waals surface area contributed by atoms with Crippen LogP contribution in [0.25, 0.3) is 0 Å². The highest BCUT2D eigenvalue weighted by molar-refractivity contribution is 7.89. The second kappa shape index (κ2) is 8.97. The van der Waals surface area contributed by atoms with Crippen molar-refractivity contribution in [3.63, 3.8) is 0 Å². The summed E-state index contributed by atoms with van der Waals surface area (Å²) in [5, 5.41) is 11.7. The van der Waals surface area contributed by atoms with E-state index >= 15 is 0 Å². The third-order valence-corrected chi connectivity index (χ3v) is 9.65. The van der Waals surface area contributed by atoms with Gasteiger partial charge in [0.15, 0.2) is 0 Å². The molecule has 33 heavy (non-hydrogen) atoms. The number of hydrogen-bond acceptors (Lipinski definition) is 7. The van der Waals surface area contributed by atoms with Crippen molar-refractivity contribution in [3.05, 3.63) is 58.4 Å². The van der Waals surface area contributed by atoms with E-state index in [1.807, 2.05) is 0 Å². The number of nitrogens with zero attached hydrogens (tertiary/aromatic N) is 4. The van der Waals surface area contributed by atoms with E-state index in [0.717, 1.165) is 31.0 Å². The predicted octanol–water partition coefficient (Wildman–Crippen LogP) is 2.03. The predicted molar refractivity (Wildman–Crippen MR) is 118 cm³/mol. The first-order valence-corrected chi connectivity index (χ1v) is 13.3. The summed E-state index contributed by atoms with van der Waals surface area (Å²) in [6, 6.07) is 8.56. The van der Waals surface area contributed by atoms with Crippen LogP contribution < -0.4 is 4.90 Å². The topological polar surface area (TPSA) is 121 Å². The number of benzene rings is 2. The van der Waals surface area contributed by atoms with Crippen LogP contribution in [-0.2, 0) is 20.0 Å². The highest BCUT2D eigenvalue weighted by atomic mass is 32.2. The highest BCUT2D eigenvalue weighted by Crippen LogP contribution is 2.33. The molecule has 0 spiro atoms. The Bertz CT molecular complexity index is 1270. The molecule has 10 nitrogen and oxygen atoms in total. The molecule has 0 aromatic heterocycles. The number of sulfonamides is 2. The average Bonchev–Trinajstić information content (AvgIpc) is 3.35. The number of nitro groups is 1. The molecule has 2 heterocycles. The normalized spacial score (nSPS) is 18.5. The van der Waals surface area contributed by atoms with E-state index in [1.54, 1.807) is 4.90 Å². The third-order valence-electron chi connectivity index (χ3n) is 5.86. The molecule has 0 saturated carbocycles. The van der Waals surface area contributed by atoms with Gasteiger partial charge in [0.1, 0.15) is 11.5 Å². The summed E-state index contributed by atoms with van der Waals surface area (Å²) in [6.07, 6.45) is 1.50. The lowest BCUT2D eigenvalue weighted by Crippen LogP contribution is -2.48. The first-order valence-electron chi connectivity index (χ1n) is 10.4. The minimum atomic E-state index is -3.90. The smallest absolute Gasteiger partial charge is 0.293 e. The monoisotopic (exact) mass is 498 g/mol. The SMILES string of the molecule is O=[N+]([O-])c1cc(S(=O)(=O)N2CCCC2)ccc1N1CCN(S(=O)(=O)c2cccc(F)c2)CC1. The van der Waals surface area contributed by atoms with E-state index in [9.17, 15) is 31.3 Å². The molecule has 0 aliphatic carbocycles. The van der Waals surface area contributed by atoms with Crippen molar-refractivity contribution >= 4 is 31.4 Å². The molecule has 0 radical (unpaired) electrons. The van der Waals surface area contributed by atoms with Gasteiger partial charge in [0.2, 0.25) is 20.0 Å². The molecular weight excluding hydrogens is 475 g/mol. The van der Waals surface area contributed by atoms with Crippen molar-refractivity contribution in [2.75, 3.05) is 44.2 Å². The fourth-order valence-corrected chi connectivity index (χ4v) is 7.09. The fraction of sp³-hybridized carbons (Fsp3) is 0.400. The molecule has 2 aromatic carbocycles. The number of nitro benzene ring substituents is 1. The molecule has 178 valence electrons. The van der Waals surface area contributed by atoms with Crippen LogP contribution in [0.3, 0.4) is 0 Å². The third kappa shape index (κ3) is 4.58. The van der Waals surface area contributed by atoms with Gasteiger partial charge < -0.3 is 4.90 Å². The van der Waals surface area contributed by atoms with Gasteiger partial charge in [-0.05, 0) is 43.2 Å². The summed E-state index contributed by atoms with van der Waals surface area (Å²) in [6.45, 7) is 1.19. The quantitative estimate of drug-likeness (QED) is 0.441. The van der Waals surface area contributed by atoms with Crippen LogP contribution in [0.2, 0.25) is 0 Å². The summed E-state index contributed by atoms with van der Waals surface area (Å²) in [7, 11) is -7.72. The first-order chi connectivity index (χ1) is 15.6. The van der Waals surface area contributed by atoms with E-state index in [1.165, 1.54) is 32.9 Å². The van der Waals surface area contributed by atoms with Gasteiger partial charge in [0, 0.05) is 45.3 Å². The molecule has 2 aliphatic rings. The number of anilines is 1. The molecule has 4 rings (SSSR count). The largest absolute Gasteiger partial charge is 0.363 e. The van der Waals surface area contributed by atoms with Crippen LogP contribution in [0.1, 0.15) is 12.8 Å². The molecule has 2 fully saturated rings. The van der Waals surface area contributed by atoms with Crippen molar-refractivity contribution in [1.29, 1.82) is 0 Å². The number of rotatable bonds is 6. The van der Waals surface area contributed by atoms with Crippen LogP contribution in [-0.4, -0.2) is 69.6 Å². The first kappa shape index (κ1) is 23.5. The van der Waals surface area contributed by atoms with E-state index in [4.69, 9.17) is 0 Å². The Labute approximate surface area is 191 Å². The van der Waals surface area contributed by atoms with Crippen LogP contribution in [0.5, 0.6) is 0 Å². The van der Waals surface area contributed by atoms with Crippen LogP contribution in [0.4, 0.5) is 15.8 Å². The maximum Gasteiger partial charge on any atom is 0.293 e. The van der Waals surface area contributed by atoms with Crippen molar-refractivity contribution in [2.24, 2.45) is 0 Å². The van der Waals surface area contributed by atoms with E-state index in [-0.39, 0.29) is 47.3 Å². The lowest BCUT2D eigenvalue weighted by atomic mass is 10.2. The van der Waals surface area contributed by atoms with Gasteiger partial charge in [-0.1, -0.05) is 6.07 Å². The summed E-state index contributed by atoms with van der Waals surface area (Å²) in [5.41, 5.74) is -0.125. The minimum absolute atomic E-state index is 0.0455. The summed E-state index contributed by atoms with van der Waals surface area (Å²) >= 11 is 0. The van der Waals surface area contributed by atoms with Gasteiger partial charge in [0.05, 0.1) is 14.7 Å². The van der Waals surface area contributed by atoms with Crippen molar-refractivity contribution in [2.45, 2.75) is 22.6 Å². The summed E-state index contributed by atoms with van der Waals surface area (Å²) in [4.78, 5) is 12.5. The van der Waals surface area contributed by atoms with Gasteiger partial charge >= 0.3 is 0 Å². The summed E-state index contributed by atoms with van der Waals surface area (Å²) < 4.78 is 67.2. The maximum atomic E-state index is 13.5. The Morgan fingerprint density at radius 2 is 1.36 bits per heavy atom. The van der Waals surface area contributed by atoms with Crippen LogP contribution in [0.15, 0.2) is 52.3 Å². The second-order valence-electron chi connectivity index (χ2n) is 7.87. The lowest BCUT2D eigenvalue weighted by molar-refractivity contribution is -0.384. The molecule has 0 atom stereocenters. The maximum absolute atomic E-state index is 13.5. The fourth-order valence-electron chi connectivity index (χ4n) is 4.10. The Balaban J connectivity index is 1.55. The van der Waals surface area contributed by atoms with Crippen LogP contribution >= 0.6 is 0 Å². The van der Waals surface area contributed by atoms with Crippen molar-refractivity contribution < 1.29 is 26.1 Å². The number of halogens is 1. The molecule has 0 bridgehead atoms. The van der Waals surface area contributed by atoms with Crippen LogP contribution in [0, 0.1) is 15.9 Å². The van der Waals surface area contributed by atoms with Gasteiger partial charge in [-0.15, -0.1) is 0 Å². The zero-order chi connectivity index (χ0) is 23.8. The Kier molecular flexibility index (Phi) is 6.40. The molecule has 0 unspecified atom stereocenters. The van der Waals surface area contributed by atoms with E-state index < -0.39 is 30.8 Å². The van der Waals surface area contributed by atoms with E-state index in [2.05, 4.69) is 0 Å².